The summed E-state index contributed by atoms with van der Waals surface area (Å²) in [4.78, 5) is 9.93. The van der Waals surface area contributed by atoms with Crippen molar-refractivity contribution in [2.75, 3.05) is 0 Å². The number of para-hydroxylation sites is 1. The van der Waals surface area contributed by atoms with E-state index in [1.807, 2.05) is 24.4 Å². The molecule has 0 aliphatic heterocycles. The second kappa shape index (κ2) is 14.8. The molecule has 2 heterocycles. The molecule has 0 amide bonds. The second-order valence-electron chi connectivity index (χ2n) is 17.3. The molecule has 5 heteroatoms. The van der Waals surface area contributed by atoms with Crippen LogP contribution < -0.4 is 0 Å². The molecule has 5 aromatic carbocycles. The van der Waals surface area contributed by atoms with Crippen LogP contribution in [0.3, 0.4) is 0 Å². The summed E-state index contributed by atoms with van der Waals surface area (Å²) in [6.45, 7) is 19.6. The summed E-state index contributed by atoms with van der Waals surface area (Å²) in [5.74, 6) is 0.608. The van der Waals surface area contributed by atoms with Gasteiger partial charge in [0.15, 0.2) is 0 Å². The second-order valence-corrected chi connectivity index (χ2v) is 17.3. The average Bonchev–Trinajstić information content (AvgIpc) is 3.55. The van der Waals surface area contributed by atoms with E-state index >= 15 is 0 Å². The predicted octanol–water partition coefficient (Wildman–Crippen LogP) is 12.9. The van der Waals surface area contributed by atoms with E-state index in [1.54, 1.807) is 0 Å². The van der Waals surface area contributed by atoms with Crippen molar-refractivity contribution in [1.82, 2.24) is 9.97 Å². The molecular formula is C49H49N2O2Pt-. The van der Waals surface area contributed by atoms with Gasteiger partial charge in [-0.15, -0.1) is 29.3 Å². The van der Waals surface area contributed by atoms with E-state index in [0.717, 1.165) is 56.6 Å². The summed E-state index contributed by atoms with van der Waals surface area (Å²) in [6, 6.07) is 41.9. The molecule has 7 rings (SSSR count). The smallest absolute Gasteiger partial charge is 0.230 e. The summed E-state index contributed by atoms with van der Waals surface area (Å²) in [7, 11) is 0. The van der Waals surface area contributed by atoms with Gasteiger partial charge >= 0.3 is 0 Å². The van der Waals surface area contributed by atoms with Crippen LogP contribution in [0.1, 0.15) is 90.1 Å². The fourth-order valence-corrected chi connectivity index (χ4v) is 6.77. The summed E-state index contributed by atoms with van der Waals surface area (Å²) >= 11 is 0. The quantitative estimate of drug-likeness (QED) is 0.169. The summed E-state index contributed by atoms with van der Waals surface area (Å²) < 4.78 is 6.45. The SMILES string of the molecule is CC(C)(C)c1cc(-c2cc(-c3ccc(Cc4ccccc4)cc3)ccn2)[c-]c(-c2cccc3oc(-c4cc(C(C)(C)C)cc(C(C)(C)C)c4O)nc23)c1.[Pt]. The third kappa shape index (κ3) is 8.15. The molecule has 1 N–H and O–H groups in total. The number of hydrogen-bond acceptors (Lipinski definition) is 4. The third-order valence-corrected chi connectivity index (χ3v) is 10.0. The molecule has 0 spiro atoms. The number of nitrogens with zero attached hydrogens (tertiary/aromatic N) is 2. The van der Waals surface area contributed by atoms with Gasteiger partial charge in [-0.2, -0.15) is 0 Å². The number of aromatic hydroxyl groups is 1. The Hall–Kier alpha value is -4.79. The fourth-order valence-electron chi connectivity index (χ4n) is 6.77. The van der Waals surface area contributed by atoms with Gasteiger partial charge in [0.1, 0.15) is 11.3 Å². The van der Waals surface area contributed by atoms with E-state index < -0.39 is 0 Å². The van der Waals surface area contributed by atoms with E-state index in [4.69, 9.17) is 14.4 Å². The first kappa shape index (κ1) is 38.9. The summed E-state index contributed by atoms with van der Waals surface area (Å²) in [5.41, 5.74) is 13.1. The average molecular weight is 893 g/mol. The van der Waals surface area contributed by atoms with Gasteiger partial charge < -0.3 is 9.52 Å². The van der Waals surface area contributed by atoms with E-state index in [9.17, 15) is 5.11 Å². The Balaban J connectivity index is 0.00000497. The Bertz CT molecular complexity index is 2420. The molecule has 0 aliphatic carbocycles. The molecule has 0 saturated heterocycles. The molecule has 0 aliphatic rings. The largest absolute Gasteiger partial charge is 0.507 e. The first-order valence-electron chi connectivity index (χ1n) is 18.5. The van der Waals surface area contributed by atoms with Crippen LogP contribution in [0.25, 0.3) is 56.1 Å². The summed E-state index contributed by atoms with van der Waals surface area (Å²) in [6.07, 6.45) is 2.79. The normalized spacial score (nSPS) is 12.2. The monoisotopic (exact) mass is 892 g/mol. The van der Waals surface area contributed by atoms with Gasteiger partial charge in [0.2, 0.25) is 5.89 Å². The maximum atomic E-state index is 11.6. The van der Waals surface area contributed by atoms with Crippen LogP contribution in [0.4, 0.5) is 0 Å². The minimum atomic E-state index is -0.271. The van der Waals surface area contributed by atoms with Crippen LogP contribution in [0.2, 0.25) is 0 Å². The van der Waals surface area contributed by atoms with Crippen LogP contribution in [-0.4, -0.2) is 15.1 Å². The molecule has 7 aromatic rings. The maximum absolute atomic E-state index is 11.6. The number of rotatable bonds is 6. The van der Waals surface area contributed by atoms with Crippen LogP contribution in [0, 0.1) is 6.07 Å². The fraction of sp³-hybridized carbons (Fsp3) is 0.265. The van der Waals surface area contributed by atoms with Crippen molar-refractivity contribution in [3.8, 4) is 50.7 Å². The van der Waals surface area contributed by atoms with Crippen LogP contribution in [0.5, 0.6) is 5.75 Å². The number of benzene rings is 5. The Kier molecular flexibility index (Phi) is 10.7. The number of aromatic nitrogens is 2. The van der Waals surface area contributed by atoms with Crippen molar-refractivity contribution in [3.63, 3.8) is 0 Å². The maximum Gasteiger partial charge on any atom is 0.230 e. The number of oxazole rings is 1. The Morgan fingerprint density at radius 2 is 1.26 bits per heavy atom. The van der Waals surface area contributed by atoms with Crippen molar-refractivity contribution < 1.29 is 30.6 Å². The van der Waals surface area contributed by atoms with Crippen molar-refractivity contribution in [3.05, 3.63) is 149 Å². The zero-order valence-corrected chi connectivity index (χ0v) is 35.0. The van der Waals surface area contributed by atoms with Crippen LogP contribution >= 0.6 is 0 Å². The minimum absolute atomic E-state index is 0. The molecule has 4 nitrogen and oxygen atoms in total. The van der Waals surface area contributed by atoms with Crippen LogP contribution in [-0.2, 0) is 43.7 Å². The zero-order valence-electron chi connectivity index (χ0n) is 32.7. The van der Waals surface area contributed by atoms with Gasteiger partial charge in [0, 0.05) is 38.5 Å². The first-order chi connectivity index (χ1) is 25.0. The third-order valence-electron chi connectivity index (χ3n) is 10.0. The molecule has 0 fully saturated rings. The Labute approximate surface area is 335 Å². The molecule has 54 heavy (non-hydrogen) atoms. The number of phenols is 1. The van der Waals surface area contributed by atoms with Crippen molar-refractivity contribution >= 4 is 11.1 Å². The number of hydrogen-bond donors (Lipinski definition) is 1. The molecule has 2 aromatic heterocycles. The molecule has 0 bridgehead atoms. The van der Waals surface area contributed by atoms with Crippen molar-refractivity contribution in [2.45, 2.75) is 85.0 Å². The van der Waals surface area contributed by atoms with Gasteiger partial charge in [-0.3, -0.25) is 4.98 Å². The van der Waals surface area contributed by atoms with Gasteiger partial charge in [0.05, 0.1) is 11.1 Å². The molecular weight excluding hydrogens is 844 g/mol. The van der Waals surface area contributed by atoms with Gasteiger partial charge in [-0.25, -0.2) is 4.98 Å². The molecule has 0 saturated carbocycles. The van der Waals surface area contributed by atoms with Gasteiger partial charge in [-0.05, 0) is 68.7 Å². The first-order valence-corrected chi connectivity index (χ1v) is 18.5. The van der Waals surface area contributed by atoms with Gasteiger partial charge in [-0.1, -0.05) is 152 Å². The molecule has 0 atom stereocenters. The number of fused-ring (bicyclic) bond motifs is 1. The molecule has 0 unspecified atom stereocenters. The number of phenolic OH excluding ortho intramolecular Hbond substituents is 1. The van der Waals surface area contributed by atoms with E-state index in [0.29, 0.717) is 17.0 Å². The summed E-state index contributed by atoms with van der Waals surface area (Å²) in [5, 5.41) is 11.6. The molecule has 278 valence electrons. The van der Waals surface area contributed by atoms with E-state index in [2.05, 4.69) is 159 Å². The van der Waals surface area contributed by atoms with Crippen molar-refractivity contribution in [2.24, 2.45) is 0 Å². The minimum Gasteiger partial charge on any atom is -0.507 e. The molecule has 0 radical (unpaired) electrons. The van der Waals surface area contributed by atoms with Crippen LogP contribution in [0.15, 0.2) is 120 Å². The van der Waals surface area contributed by atoms with Crippen molar-refractivity contribution in [1.29, 1.82) is 0 Å². The standard InChI is InChI=1S/C49H49N2O2.Pt/c1-47(2,3)37-26-35(25-36(27-37)42-28-34(22-23-50-42)33-20-18-32(19-21-33)24-31-14-11-10-12-15-31)39-16-13-17-43-44(39)51-46(53-43)40-29-38(48(4,5)6)30-41(45(40)52)49(7,8)9;/h10-23,26-30,52H,24H2,1-9H3;/q-1;. The number of pyridine rings is 1. The van der Waals surface area contributed by atoms with E-state index in [-0.39, 0.29) is 43.1 Å². The Morgan fingerprint density at radius 3 is 1.93 bits per heavy atom. The van der Waals surface area contributed by atoms with Gasteiger partial charge in [0.25, 0.3) is 0 Å². The topological polar surface area (TPSA) is 59.2 Å². The van der Waals surface area contributed by atoms with E-state index in [1.165, 1.54) is 16.7 Å². The zero-order chi connectivity index (χ0) is 37.7. The Morgan fingerprint density at radius 1 is 0.611 bits per heavy atom. The predicted molar refractivity (Wildman–Crippen MR) is 219 cm³/mol.